The summed E-state index contributed by atoms with van der Waals surface area (Å²) in [6.45, 7) is 4.83. The van der Waals surface area contributed by atoms with Gasteiger partial charge in [-0.2, -0.15) is 0 Å². The molecule has 1 heterocycles. The van der Waals surface area contributed by atoms with Crippen molar-refractivity contribution in [1.29, 1.82) is 0 Å². The second-order valence-electron chi connectivity index (χ2n) is 5.33. The summed E-state index contributed by atoms with van der Waals surface area (Å²) in [4.78, 5) is 8.64. The van der Waals surface area contributed by atoms with Crippen LogP contribution in [0.25, 0.3) is 0 Å². The lowest BCUT2D eigenvalue weighted by atomic mass is 10.1. The number of nitrogens with zero attached hydrogens (tertiary/aromatic N) is 2. The van der Waals surface area contributed by atoms with Crippen LogP contribution in [0.5, 0.6) is 0 Å². The van der Waals surface area contributed by atoms with E-state index in [4.69, 9.17) is 5.73 Å². The van der Waals surface area contributed by atoms with Crippen LogP contribution >= 0.6 is 0 Å². The Morgan fingerprint density at radius 2 is 2.22 bits per heavy atom. The van der Waals surface area contributed by atoms with Crippen LogP contribution in [0.1, 0.15) is 44.9 Å². The Morgan fingerprint density at radius 3 is 2.83 bits per heavy atom. The molecule has 0 radical (unpaired) electrons. The van der Waals surface area contributed by atoms with E-state index in [2.05, 4.69) is 15.3 Å². The van der Waals surface area contributed by atoms with Crippen LogP contribution in [0.4, 0.5) is 11.6 Å². The summed E-state index contributed by atoms with van der Waals surface area (Å²) in [5.74, 6) is 2.58. The number of aliphatic hydroxyl groups is 1. The first kappa shape index (κ1) is 13.1. The van der Waals surface area contributed by atoms with Gasteiger partial charge in [-0.05, 0) is 12.8 Å². The lowest BCUT2D eigenvalue weighted by Crippen LogP contribution is -2.22. The first-order valence-electron chi connectivity index (χ1n) is 6.62. The van der Waals surface area contributed by atoms with E-state index in [1.54, 1.807) is 6.07 Å². The molecule has 5 heteroatoms. The third kappa shape index (κ3) is 3.10. The molecular weight excluding hydrogens is 228 g/mol. The Kier molecular flexibility index (Phi) is 4.01. The monoisotopic (exact) mass is 250 g/mol. The number of aliphatic hydroxyl groups excluding tert-OH is 1. The van der Waals surface area contributed by atoms with Gasteiger partial charge in [0.05, 0.1) is 6.10 Å². The summed E-state index contributed by atoms with van der Waals surface area (Å²) in [6, 6.07) is 1.74. The van der Waals surface area contributed by atoms with Gasteiger partial charge in [0.15, 0.2) is 0 Å². The van der Waals surface area contributed by atoms with Crippen LogP contribution in [-0.2, 0) is 0 Å². The molecule has 18 heavy (non-hydrogen) atoms. The van der Waals surface area contributed by atoms with Crippen molar-refractivity contribution < 1.29 is 5.11 Å². The fraction of sp³-hybridized carbons (Fsp3) is 0.692. The summed E-state index contributed by atoms with van der Waals surface area (Å²) in [5.41, 5.74) is 5.77. The molecule has 1 aliphatic carbocycles. The second-order valence-corrected chi connectivity index (χ2v) is 5.33. The summed E-state index contributed by atoms with van der Waals surface area (Å²) in [7, 11) is 0. The number of hydrogen-bond donors (Lipinski definition) is 3. The van der Waals surface area contributed by atoms with Gasteiger partial charge in [-0.15, -0.1) is 0 Å². The van der Waals surface area contributed by atoms with Gasteiger partial charge >= 0.3 is 0 Å². The van der Waals surface area contributed by atoms with E-state index >= 15 is 0 Å². The highest BCUT2D eigenvalue weighted by Gasteiger charge is 2.24. The molecular formula is C13H22N4O. The van der Waals surface area contributed by atoms with E-state index in [0.29, 0.717) is 11.7 Å². The zero-order valence-corrected chi connectivity index (χ0v) is 11.1. The minimum Gasteiger partial charge on any atom is -0.393 e. The highest BCUT2D eigenvalue weighted by Crippen LogP contribution is 2.25. The number of anilines is 2. The SMILES string of the molecule is CC(C)c1nc(N)cc(NCC2CCCC2O)n1. The quantitative estimate of drug-likeness (QED) is 0.758. The molecule has 4 N–H and O–H groups in total. The lowest BCUT2D eigenvalue weighted by Gasteiger charge is -2.16. The highest BCUT2D eigenvalue weighted by molar-refractivity contribution is 5.45. The third-order valence-electron chi connectivity index (χ3n) is 3.44. The van der Waals surface area contributed by atoms with Crippen molar-refractivity contribution in [3.05, 3.63) is 11.9 Å². The molecule has 2 rings (SSSR count). The number of rotatable bonds is 4. The molecule has 1 aromatic rings. The maximum absolute atomic E-state index is 9.77. The number of hydrogen-bond acceptors (Lipinski definition) is 5. The largest absolute Gasteiger partial charge is 0.393 e. The van der Waals surface area contributed by atoms with Crippen LogP contribution in [0.3, 0.4) is 0 Å². The van der Waals surface area contributed by atoms with E-state index < -0.39 is 0 Å². The van der Waals surface area contributed by atoms with Crippen molar-refractivity contribution in [3.8, 4) is 0 Å². The van der Waals surface area contributed by atoms with Crippen molar-refractivity contribution in [3.63, 3.8) is 0 Å². The molecule has 0 saturated heterocycles. The molecule has 0 spiro atoms. The number of nitrogens with two attached hydrogens (primary N) is 1. The molecule has 5 nitrogen and oxygen atoms in total. The predicted octanol–water partition coefficient (Wildman–Crippen LogP) is 1.76. The zero-order chi connectivity index (χ0) is 13.1. The van der Waals surface area contributed by atoms with Crippen LogP contribution < -0.4 is 11.1 Å². The summed E-state index contributed by atoms with van der Waals surface area (Å²) >= 11 is 0. The Balaban J connectivity index is 2.00. The summed E-state index contributed by atoms with van der Waals surface area (Å²) in [5, 5.41) is 13.0. The molecule has 2 atom stereocenters. The van der Waals surface area contributed by atoms with E-state index in [1.807, 2.05) is 13.8 Å². The second kappa shape index (κ2) is 5.52. The van der Waals surface area contributed by atoms with E-state index in [-0.39, 0.29) is 12.0 Å². The molecule has 1 aromatic heterocycles. The summed E-state index contributed by atoms with van der Waals surface area (Å²) in [6.07, 6.45) is 2.92. The van der Waals surface area contributed by atoms with E-state index in [0.717, 1.165) is 37.4 Å². The van der Waals surface area contributed by atoms with Gasteiger partial charge in [0, 0.05) is 24.4 Å². The lowest BCUT2D eigenvalue weighted by molar-refractivity contribution is 0.138. The molecule has 1 fully saturated rings. The predicted molar refractivity (Wildman–Crippen MR) is 72.4 cm³/mol. The average molecular weight is 250 g/mol. The molecule has 0 amide bonds. The Labute approximate surface area is 108 Å². The molecule has 2 unspecified atom stereocenters. The Morgan fingerprint density at radius 1 is 1.44 bits per heavy atom. The Hall–Kier alpha value is -1.36. The maximum Gasteiger partial charge on any atom is 0.135 e. The first-order valence-corrected chi connectivity index (χ1v) is 6.62. The van der Waals surface area contributed by atoms with Gasteiger partial charge in [0.25, 0.3) is 0 Å². The van der Waals surface area contributed by atoms with Crippen molar-refractivity contribution in [1.82, 2.24) is 9.97 Å². The van der Waals surface area contributed by atoms with Crippen LogP contribution in [0, 0.1) is 5.92 Å². The molecule has 0 bridgehead atoms. The smallest absolute Gasteiger partial charge is 0.135 e. The van der Waals surface area contributed by atoms with Gasteiger partial charge < -0.3 is 16.2 Å². The minimum atomic E-state index is -0.179. The Bertz CT molecular complexity index is 408. The first-order chi connectivity index (χ1) is 8.56. The van der Waals surface area contributed by atoms with Crippen LogP contribution in [0.15, 0.2) is 6.07 Å². The number of nitrogens with one attached hydrogen (secondary N) is 1. The van der Waals surface area contributed by atoms with Gasteiger partial charge in [0.1, 0.15) is 17.5 Å². The normalized spacial score (nSPS) is 23.6. The summed E-state index contributed by atoms with van der Waals surface area (Å²) < 4.78 is 0. The fourth-order valence-electron chi connectivity index (χ4n) is 2.33. The molecule has 100 valence electrons. The molecule has 1 aliphatic rings. The molecule has 0 aromatic carbocycles. The third-order valence-corrected chi connectivity index (χ3v) is 3.44. The standard InChI is InChI=1S/C13H22N4O/c1-8(2)13-16-11(14)6-12(17-13)15-7-9-4-3-5-10(9)18/h6,8-10,18H,3-5,7H2,1-2H3,(H3,14,15,16,17). The van der Waals surface area contributed by atoms with Gasteiger partial charge in [-0.1, -0.05) is 20.3 Å². The topological polar surface area (TPSA) is 84.1 Å². The number of aromatic nitrogens is 2. The average Bonchev–Trinajstić information content (AvgIpc) is 2.71. The minimum absolute atomic E-state index is 0.179. The van der Waals surface area contributed by atoms with E-state index in [9.17, 15) is 5.11 Å². The van der Waals surface area contributed by atoms with E-state index in [1.165, 1.54) is 0 Å². The van der Waals surface area contributed by atoms with Gasteiger partial charge in [-0.25, -0.2) is 9.97 Å². The fourth-order valence-corrected chi connectivity index (χ4v) is 2.33. The molecule has 1 saturated carbocycles. The van der Waals surface area contributed by atoms with Gasteiger partial charge in [-0.3, -0.25) is 0 Å². The van der Waals surface area contributed by atoms with Crippen molar-refractivity contribution >= 4 is 11.6 Å². The molecule has 0 aliphatic heterocycles. The van der Waals surface area contributed by atoms with Crippen molar-refractivity contribution in [2.75, 3.05) is 17.6 Å². The highest BCUT2D eigenvalue weighted by atomic mass is 16.3. The van der Waals surface area contributed by atoms with Crippen molar-refractivity contribution in [2.45, 2.75) is 45.1 Å². The van der Waals surface area contributed by atoms with Crippen LogP contribution in [-0.4, -0.2) is 27.7 Å². The van der Waals surface area contributed by atoms with Crippen LogP contribution in [0.2, 0.25) is 0 Å². The maximum atomic E-state index is 9.77. The number of nitrogen functional groups attached to an aromatic ring is 1. The van der Waals surface area contributed by atoms with Gasteiger partial charge in [0.2, 0.25) is 0 Å². The van der Waals surface area contributed by atoms with Crippen molar-refractivity contribution in [2.24, 2.45) is 5.92 Å². The zero-order valence-electron chi connectivity index (χ0n) is 11.1.